The zero-order valence-corrected chi connectivity index (χ0v) is 25.3. The van der Waals surface area contributed by atoms with Crippen molar-refractivity contribution in [2.75, 3.05) is 19.6 Å². The average Bonchev–Trinajstić information content (AvgIpc) is 2.83. The predicted octanol–water partition coefficient (Wildman–Crippen LogP) is 6.44. The van der Waals surface area contributed by atoms with Gasteiger partial charge in [-0.25, -0.2) is 0 Å². The summed E-state index contributed by atoms with van der Waals surface area (Å²) in [5.41, 5.74) is 7.89. The first kappa shape index (κ1) is 32.4. The number of nitrogens with one attached hydrogen (secondary N) is 1. The van der Waals surface area contributed by atoms with Crippen LogP contribution in [0.4, 0.5) is 0 Å². The van der Waals surface area contributed by atoms with E-state index in [2.05, 4.69) is 12.2 Å². The summed E-state index contributed by atoms with van der Waals surface area (Å²) in [5.74, 6) is 0.871. The van der Waals surface area contributed by atoms with Crippen LogP contribution in [0.15, 0.2) is 41.4 Å². The molecule has 0 heterocycles. The number of phenols is 3. The van der Waals surface area contributed by atoms with Crippen molar-refractivity contribution in [1.29, 1.82) is 0 Å². The number of phenolic OH excluding ortho intramolecular Hbond substituents is 3. The second-order valence-corrected chi connectivity index (χ2v) is 11.1. The van der Waals surface area contributed by atoms with Gasteiger partial charge in [0, 0.05) is 37.0 Å². The number of aryl methyl sites for hydroxylation is 6. The minimum absolute atomic E-state index is 0. The van der Waals surface area contributed by atoms with Gasteiger partial charge in [-0.05, 0) is 80.8 Å². The Kier molecular flexibility index (Phi) is 11.6. The summed E-state index contributed by atoms with van der Waals surface area (Å²) in [7, 11) is 0. The Morgan fingerprint density at radius 3 is 1.90 bits per heavy atom. The van der Waals surface area contributed by atoms with Gasteiger partial charge in [0.2, 0.25) is 0 Å². The minimum atomic E-state index is -0.325. The van der Waals surface area contributed by atoms with Crippen LogP contribution in [0.1, 0.15) is 57.0 Å². The van der Waals surface area contributed by atoms with Gasteiger partial charge in [0.15, 0.2) is 0 Å². The summed E-state index contributed by atoms with van der Waals surface area (Å²) in [4.78, 5) is 4.72. The number of hydrogen-bond donors (Lipinski definition) is 4. The van der Waals surface area contributed by atoms with Crippen LogP contribution in [0.2, 0.25) is 0 Å². The van der Waals surface area contributed by atoms with E-state index in [4.69, 9.17) is 10.3 Å². The molecule has 39 heavy (non-hydrogen) atoms. The number of rotatable bonds is 11. The molecule has 3 aromatic carbocycles. The van der Waals surface area contributed by atoms with Crippen molar-refractivity contribution in [1.82, 2.24) is 5.32 Å². The van der Waals surface area contributed by atoms with Crippen molar-refractivity contribution < 1.29 is 32.4 Å². The molecule has 0 aliphatic carbocycles. The molecule has 1 atom stereocenters. The summed E-state index contributed by atoms with van der Waals surface area (Å²) in [5, 5.41) is 39.8. The molecule has 0 spiro atoms. The van der Waals surface area contributed by atoms with E-state index in [0.29, 0.717) is 49.8 Å². The van der Waals surface area contributed by atoms with E-state index in [-0.39, 0.29) is 28.2 Å². The van der Waals surface area contributed by atoms with E-state index in [9.17, 15) is 15.3 Å². The Labute approximate surface area is 244 Å². The summed E-state index contributed by atoms with van der Waals surface area (Å²) >= 11 is 0. The van der Waals surface area contributed by atoms with Gasteiger partial charge >= 0.3 is 17.1 Å². The zero-order valence-electron chi connectivity index (χ0n) is 24.2. The van der Waals surface area contributed by atoms with Gasteiger partial charge in [0.05, 0.1) is 0 Å². The number of aliphatic imine (C=N–C) groups is 1. The molecule has 0 radical (unpaired) electrons. The molecule has 0 aromatic heterocycles. The topological polar surface area (TPSA) is 99.2 Å². The maximum Gasteiger partial charge on any atom is 4.00 e. The quantitative estimate of drug-likeness (QED) is 0.157. The molecule has 0 fully saturated rings. The normalized spacial score (nSPS) is 12.9. The maximum atomic E-state index is 10.5. The Morgan fingerprint density at radius 2 is 1.28 bits per heavy atom. The van der Waals surface area contributed by atoms with E-state index in [1.807, 2.05) is 77.9 Å². The molecule has 0 aliphatic heterocycles. The fraction of sp³-hybridized carbons (Fsp3) is 0.406. The van der Waals surface area contributed by atoms with Crippen molar-refractivity contribution in [3.05, 3.63) is 91.8 Å². The van der Waals surface area contributed by atoms with Crippen LogP contribution in [-0.4, -0.2) is 41.2 Å². The third-order valence-electron chi connectivity index (χ3n) is 6.87. The van der Waals surface area contributed by atoms with E-state index >= 15 is 0 Å². The van der Waals surface area contributed by atoms with Crippen molar-refractivity contribution in [3.8, 4) is 17.2 Å². The molecule has 3 rings (SSSR count). The third kappa shape index (κ3) is 8.84. The molecule has 0 saturated heterocycles. The molecule has 0 aliphatic rings. The Balaban J connectivity index is 0.00000533. The summed E-state index contributed by atoms with van der Waals surface area (Å²) < 4.78 is 0. The number of hydrogen-bond acceptors (Lipinski definition) is 5. The fourth-order valence-electron chi connectivity index (χ4n) is 4.91. The summed E-state index contributed by atoms with van der Waals surface area (Å²) in [6, 6.07) is 11.8. The number of benzene rings is 3. The molecule has 3 aromatic rings. The van der Waals surface area contributed by atoms with Crippen LogP contribution in [-0.2, 0) is 30.2 Å². The van der Waals surface area contributed by atoms with Crippen LogP contribution in [0.25, 0.3) is 5.32 Å². The smallest absolute Gasteiger partial charge is 0.658 e. The Bertz CT molecular complexity index is 1260. The van der Waals surface area contributed by atoms with Gasteiger partial charge in [-0.1, -0.05) is 48.4 Å². The summed E-state index contributed by atoms with van der Waals surface area (Å²) in [6.07, 6.45) is 1.74. The molecule has 1 unspecified atom stereocenters. The molecule has 0 bridgehead atoms. The number of nitrogens with zero attached hydrogens (tertiary/aromatic N) is 2. The summed E-state index contributed by atoms with van der Waals surface area (Å²) in [6.45, 7) is 16.5. The van der Waals surface area contributed by atoms with Crippen LogP contribution in [0.3, 0.4) is 0 Å². The first-order valence-electron chi connectivity index (χ1n) is 13.1. The molecule has 6 nitrogen and oxygen atoms in total. The first-order valence-corrected chi connectivity index (χ1v) is 13.1. The SMILES string of the molecule is Cc1cc(C)c(O)c(C=NCC(C)(C[N-]Cc2cc(C)cc(C)c2O)CNCc2cc(C)cc(C)c2O)c1.[Fe+4]. The number of aromatic hydroxyl groups is 3. The fourth-order valence-corrected chi connectivity index (χ4v) is 4.91. The van der Waals surface area contributed by atoms with Crippen LogP contribution in [0, 0.1) is 47.0 Å². The third-order valence-corrected chi connectivity index (χ3v) is 6.87. The molecule has 4 N–H and O–H groups in total. The molecule has 0 saturated carbocycles. The zero-order chi connectivity index (χ0) is 28.0. The Hall–Kier alpha value is -2.83. The largest absolute Gasteiger partial charge is 4.00 e. The predicted molar refractivity (Wildman–Crippen MR) is 157 cm³/mol. The maximum absolute atomic E-state index is 10.5. The van der Waals surface area contributed by atoms with E-state index in [1.54, 1.807) is 6.21 Å². The van der Waals surface area contributed by atoms with E-state index in [1.165, 1.54) is 0 Å². The van der Waals surface area contributed by atoms with Gasteiger partial charge in [-0.2, -0.15) is 0 Å². The van der Waals surface area contributed by atoms with Gasteiger partial charge in [-0.15, -0.1) is 13.1 Å². The van der Waals surface area contributed by atoms with Crippen molar-refractivity contribution in [2.24, 2.45) is 10.4 Å². The van der Waals surface area contributed by atoms with Crippen molar-refractivity contribution in [2.45, 2.75) is 61.6 Å². The van der Waals surface area contributed by atoms with Gasteiger partial charge in [0.1, 0.15) is 17.2 Å². The van der Waals surface area contributed by atoms with Crippen LogP contribution < -0.4 is 5.32 Å². The van der Waals surface area contributed by atoms with Gasteiger partial charge < -0.3 is 26.0 Å². The monoisotopic (exact) mass is 572 g/mol. The molecular weight excluding hydrogens is 530 g/mol. The van der Waals surface area contributed by atoms with Crippen molar-refractivity contribution >= 4 is 6.21 Å². The van der Waals surface area contributed by atoms with Crippen molar-refractivity contribution in [3.63, 3.8) is 0 Å². The Morgan fingerprint density at radius 1 is 0.769 bits per heavy atom. The second-order valence-electron chi connectivity index (χ2n) is 11.1. The van der Waals surface area contributed by atoms with Crippen LogP contribution >= 0.6 is 0 Å². The van der Waals surface area contributed by atoms with Gasteiger partial charge in [0.25, 0.3) is 0 Å². The second kappa shape index (κ2) is 14.0. The molecule has 7 heteroatoms. The standard InChI is InChI=1S/C32H42N3O3.Fe/c1-20-8-23(4)29(36)26(11-20)14-33-17-32(7,18-34-15-27-12-21(2)9-24(5)30(27)37)19-35-16-28-13-22(3)10-25(6)31(28)38;/h8-14,34,36-38H,15-19H2,1-7H3;/q-1;+4. The van der Waals surface area contributed by atoms with E-state index in [0.717, 1.165) is 44.5 Å². The minimum Gasteiger partial charge on any atom is -0.658 e. The average molecular weight is 573 g/mol. The van der Waals surface area contributed by atoms with Crippen LogP contribution in [0.5, 0.6) is 17.2 Å². The molecular formula is C32H42FeN3O3+3. The molecule has 208 valence electrons. The van der Waals surface area contributed by atoms with Gasteiger partial charge in [-0.3, -0.25) is 4.99 Å². The van der Waals surface area contributed by atoms with E-state index < -0.39 is 0 Å². The first-order chi connectivity index (χ1) is 17.9. The molecule has 0 amide bonds.